The summed E-state index contributed by atoms with van der Waals surface area (Å²) in [6, 6.07) is 0. The number of rotatable bonds is 34. The molecule has 0 heterocycles. The summed E-state index contributed by atoms with van der Waals surface area (Å²) in [6.45, 7) is 4.51. The Morgan fingerprint density at radius 2 is 0.907 bits per heavy atom. The molecule has 43 heavy (non-hydrogen) atoms. The van der Waals surface area contributed by atoms with Gasteiger partial charge in [-0.1, -0.05) is 147 Å². The number of carboxylic acids is 1. The highest BCUT2D eigenvalue weighted by Gasteiger charge is 2.14. The third kappa shape index (κ3) is 34.8. The van der Waals surface area contributed by atoms with Gasteiger partial charge in [0.2, 0.25) is 0 Å². The van der Waals surface area contributed by atoms with E-state index in [9.17, 15) is 9.59 Å². The molecule has 0 aromatic rings. The Balaban J connectivity index is 3.83. The van der Waals surface area contributed by atoms with Gasteiger partial charge in [0.1, 0.15) is 6.10 Å². The fraction of sp³-hybridized carbons (Fsp3) is 0.846. The minimum atomic E-state index is -0.725. The van der Waals surface area contributed by atoms with Gasteiger partial charge in [-0.15, -0.1) is 0 Å². The molecule has 0 aromatic heterocycles. The second-order valence-corrected chi connectivity index (χ2v) is 12.8. The number of carboxylic acid groups (broad SMARTS) is 1. The number of aliphatic carboxylic acids is 1. The number of carbonyl (C=O) groups excluding carboxylic acids is 1. The summed E-state index contributed by atoms with van der Waals surface area (Å²) in [5.74, 6) is -0.760. The number of esters is 1. The Labute approximate surface area is 267 Å². The predicted octanol–water partition coefficient (Wildman–Crippen LogP) is 12.8. The molecule has 0 saturated carbocycles. The van der Waals surface area contributed by atoms with Crippen LogP contribution in [0.1, 0.15) is 206 Å². The molecule has 0 aromatic carbocycles. The fourth-order valence-corrected chi connectivity index (χ4v) is 5.63. The smallest absolute Gasteiger partial charge is 0.306 e. The maximum Gasteiger partial charge on any atom is 0.306 e. The highest BCUT2D eigenvalue weighted by atomic mass is 16.5. The van der Waals surface area contributed by atoms with E-state index in [0.717, 1.165) is 51.4 Å². The Bertz CT molecular complexity index is 654. The van der Waals surface area contributed by atoms with E-state index < -0.39 is 5.97 Å². The first kappa shape index (κ1) is 41.4. The maximum absolute atomic E-state index is 12.5. The first-order valence-electron chi connectivity index (χ1n) is 18.8. The molecule has 0 amide bonds. The Morgan fingerprint density at radius 3 is 1.44 bits per heavy atom. The molecule has 4 nitrogen and oxygen atoms in total. The van der Waals surface area contributed by atoms with Crippen LogP contribution in [-0.2, 0) is 14.3 Å². The summed E-state index contributed by atoms with van der Waals surface area (Å²) in [5.41, 5.74) is 0. The monoisotopic (exact) mass is 605 g/mol. The molecule has 0 saturated heterocycles. The normalized spacial score (nSPS) is 12.4. The quantitative estimate of drug-likeness (QED) is 0.0451. The molecule has 0 aliphatic heterocycles. The van der Waals surface area contributed by atoms with Crippen molar-refractivity contribution in [1.82, 2.24) is 0 Å². The van der Waals surface area contributed by atoms with Crippen LogP contribution in [0.4, 0.5) is 0 Å². The fourth-order valence-electron chi connectivity index (χ4n) is 5.63. The summed E-state index contributed by atoms with van der Waals surface area (Å²) >= 11 is 0. The number of unbranched alkanes of at least 4 members (excludes halogenated alkanes) is 21. The average molecular weight is 605 g/mol. The van der Waals surface area contributed by atoms with Gasteiger partial charge >= 0.3 is 11.9 Å². The molecule has 0 rings (SSSR count). The summed E-state index contributed by atoms with van der Waals surface area (Å²) < 4.78 is 5.91. The van der Waals surface area contributed by atoms with Crippen molar-refractivity contribution < 1.29 is 19.4 Å². The first-order valence-corrected chi connectivity index (χ1v) is 18.8. The van der Waals surface area contributed by atoms with Crippen molar-refractivity contribution in [3.8, 4) is 0 Å². The van der Waals surface area contributed by atoms with Gasteiger partial charge in [-0.2, -0.15) is 0 Å². The molecule has 0 aliphatic rings. The van der Waals surface area contributed by atoms with E-state index in [-0.39, 0.29) is 18.5 Å². The van der Waals surface area contributed by atoms with Crippen molar-refractivity contribution in [2.24, 2.45) is 0 Å². The number of carbonyl (C=O) groups is 2. The molecule has 0 spiro atoms. The van der Waals surface area contributed by atoms with E-state index in [4.69, 9.17) is 9.84 Å². The topological polar surface area (TPSA) is 63.6 Å². The van der Waals surface area contributed by atoms with Crippen molar-refractivity contribution in [1.29, 1.82) is 0 Å². The first-order chi connectivity index (χ1) is 21.1. The molecule has 252 valence electrons. The van der Waals surface area contributed by atoms with Gasteiger partial charge in [0.25, 0.3) is 0 Å². The summed E-state index contributed by atoms with van der Waals surface area (Å²) in [6.07, 6.45) is 43.4. The third-order valence-corrected chi connectivity index (χ3v) is 8.43. The summed E-state index contributed by atoms with van der Waals surface area (Å²) in [5, 5.41) is 8.85. The standard InChI is InChI=1S/C39H72O4/c1-3-5-7-9-11-13-14-15-16-17-18-19-20-21-22-23-25-27-32-36-39(42)43-37(34-30-28-31-35-38(40)41)33-29-26-24-12-10-8-6-4-2/h11,13,15-16,37H,3-10,12,14,17-36H2,1-2H3,(H,40,41)/b13-11-,16-15-. The van der Waals surface area contributed by atoms with E-state index in [2.05, 4.69) is 38.2 Å². The van der Waals surface area contributed by atoms with Crippen LogP contribution in [-0.4, -0.2) is 23.1 Å². The lowest BCUT2D eigenvalue weighted by Crippen LogP contribution is -2.18. The van der Waals surface area contributed by atoms with Crippen LogP contribution in [0.2, 0.25) is 0 Å². The van der Waals surface area contributed by atoms with Crippen LogP contribution < -0.4 is 0 Å². The molecule has 1 N–H and O–H groups in total. The van der Waals surface area contributed by atoms with Crippen LogP contribution in [0.15, 0.2) is 24.3 Å². The summed E-state index contributed by atoms with van der Waals surface area (Å²) in [7, 11) is 0. The van der Waals surface area contributed by atoms with Crippen molar-refractivity contribution >= 4 is 11.9 Å². The van der Waals surface area contributed by atoms with Crippen LogP contribution in [0, 0.1) is 0 Å². The van der Waals surface area contributed by atoms with Crippen LogP contribution in [0.3, 0.4) is 0 Å². The van der Waals surface area contributed by atoms with Gasteiger partial charge in [0.05, 0.1) is 0 Å². The molecule has 1 atom stereocenters. The van der Waals surface area contributed by atoms with E-state index in [0.29, 0.717) is 12.8 Å². The summed E-state index contributed by atoms with van der Waals surface area (Å²) in [4.78, 5) is 23.3. The van der Waals surface area contributed by atoms with Gasteiger partial charge in [0, 0.05) is 12.8 Å². The lowest BCUT2D eigenvalue weighted by atomic mass is 10.0. The lowest BCUT2D eigenvalue weighted by molar-refractivity contribution is -0.150. The van der Waals surface area contributed by atoms with Gasteiger partial charge in [0.15, 0.2) is 0 Å². The molecule has 1 unspecified atom stereocenters. The van der Waals surface area contributed by atoms with Crippen molar-refractivity contribution in [3.05, 3.63) is 24.3 Å². The Morgan fingerprint density at radius 1 is 0.512 bits per heavy atom. The zero-order valence-electron chi connectivity index (χ0n) is 28.8. The predicted molar refractivity (Wildman–Crippen MR) is 186 cm³/mol. The maximum atomic E-state index is 12.5. The largest absolute Gasteiger partial charge is 0.481 e. The van der Waals surface area contributed by atoms with E-state index >= 15 is 0 Å². The zero-order chi connectivity index (χ0) is 31.5. The van der Waals surface area contributed by atoms with Gasteiger partial charge in [-0.25, -0.2) is 0 Å². The average Bonchev–Trinajstić information content (AvgIpc) is 2.99. The number of ether oxygens (including phenoxy) is 1. The van der Waals surface area contributed by atoms with E-state index in [1.54, 1.807) is 0 Å². The van der Waals surface area contributed by atoms with E-state index in [1.165, 1.54) is 122 Å². The SMILES string of the molecule is CCCCC/C=C\C/C=C\CCCCCCCCCCCC(=O)OC(CCCCCCCCCC)CCCCCC(=O)O. The Kier molecular flexibility index (Phi) is 33.6. The van der Waals surface area contributed by atoms with Crippen molar-refractivity contribution in [2.45, 2.75) is 213 Å². The van der Waals surface area contributed by atoms with Gasteiger partial charge in [-0.3, -0.25) is 9.59 Å². The molecule has 0 bridgehead atoms. The number of hydrogen-bond donors (Lipinski definition) is 1. The van der Waals surface area contributed by atoms with Crippen molar-refractivity contribution in [3.63, 3.8) is 0 Å². The minimum Gasteiger partial charge on any atom is -0.481 e. The van der Waals surface area contributed by atoms with Gasteiger partial charge < -0.3 is 9.84 Å². The molecule has 0 radical (unpaired) electrons. The second-order valence-electron chi connectivity index (χ2n) is 12.8. The van der Waals surface area contributed by atoms with Crippen LogP contribution in [0.5, 0.6) is 0 Å². The van der Waals surface area contributed by atoms with Gasteiger partial charge in [-0.05, 0) is 70.6 Å². The number of hydrogen-bond acceptors (Lipinski definition) is 3. The zero-order valence-corrected chi connectivity index (χ0v) is 28.8. The second kappa shape index (κ2) is 34.9. The molecule has 0 fully saturated rings. The molecule has 4 heteroatoms. The molecule has 0 aliphatic carbocycles. The lowest BCUT2D eigenvalue weighted by Gasteiger charge is -2.18. The third-order valence-electron chi connectivity index (χ3n) is 8.43. The highest BCUT2D eigenvalue weighted by Crippen LogP contribution is 2.18. The van der Waals surface area contributed by atoms with Crippen LogP contribution in [0.25, 0.3) is 0 Å². The van der Waals surface area contributed by atoms with E-state index in [1.807, 2.05) is 0 Å². The molecular weight excluding hydrogens is 532 g/mol. The number of allylic oxidation sites excluding steroid dienone is 4. The Hall–Kier alpha value is -1.58. The minimum absolute atomic E-state index is 0.00469. The molecular formula is C39H72O4. The highest BCUT2D eigenvalue weighted by molar-refractivity contribution is 5.69. The van der Waals surface area contributed by atoms with Crippen molar-refractivity contribution in [2.75, 3.05) is 0 Å². The van der Waals surface area contributed by atoms with Crippen LogP contribution >= 0.6 is 0 Å².